The van der Waals surface area contributed by atoms with Gasteiger partial charge in [0.15, 0.2) is 0 Å². The molecule has 0 spiro atoms. The molecule has 0 heterocycles. The second-order valence-corrected chi connectivity index (χ2v) is 4.53. The molecule has 0 aromatic heterocycles. The third-order valence-electron chi connectivity index (χ3n) is 2.98. The summed E-state index contributed by atoms with van der Waals surface area (Å²) in [4.78, 5) is 22.8. The van der Waals surface area contributed by atoms with E-state index in [4.69, 9.17) is 10.8 Å². The lowest BCUT2D eigenvalue weighted by Gasteiger charge is -2.09. The zero-order valence-corrected chi connectivity index (χ0v) is 11.2. The lowest BCUT2D eigenvalue weighted by Crippen LogP contribution is -2.14. The number of nitrogen functional groups attached to an aromatic ring is 1. The lowest BCUT2D eigenvalue weighted by atomic mass is 10.1. The van der Waals surface area contributed by atoms with Crippen LogP contribution in [0.5, 0.6) is 0 Å². The number of aromatic carboxylic acids is 1. The van der Waals surface area contributed by atoms with Gasteiger partial charge in [0.05, 0.1) is 16.9 Å². The Bertz CT molecular complexity index is 729. The van der Waals surface area contributed by atoms with Crippen LogP contribution in [0.25, 0.3) is 0 Å². The van der Waals surface area contributed by atoms with Crippen LogP contribution in [-0.4, -0.2) is 17.0 Å². The number of amides is 1. The molecule has 2 aromatic carbocycles. The molecule has 0 aliphatic heterocycles. The molecule has 1 amide bonds. The van der Waals surface area contributed by atoms with E-state index in [2.05, 4.69) is 5.32 Å². The lowest BCUT2D eigenvalue weighted by molar-refractivity contribution is 0.0697. The van der Waals surface area contributed by atoms with Gasteiger partial charge in [0.2, 0.25) is 0 Å². The van der Waals surface area contributed by atoms with Gasteiger partial charge in [-0.25, -0.2) is 9.18 Å². The van der Waals surface area contributed by atoms with Crippen LogP contribution in [0.2, 0.25) is 0 Å². The maximum Gasteiger partial charge on any atom is 0.335 e. The number of nitrogens with two attached hydrogens (primary N) is 1. The number of carboxylic acid groups (broad SMARTS) is 1. The Morgan fingerprint density at radius 3 is 2.38 bits per heavy atom. The molecule has 0 fully saturated rings. The molecule has 0 saturated heterocycles. The highest BCUT2D eigenvalue weighted by Gasteiger charge is 2.11. The van der Waals surface area contributed by atoms with Crippen LogP contribution >= 0.6 is 0 Å². The minimum atomic E-state index is -1.11. The standard InChI is InChI=1S/C15H13FN2O3/c1-8-2-3-9(6-11(8)16)14(19)18-13-5-4-10(15(20)21)7-12(13)17/h2-7H,17H2,1H3,(H,18,19)(H,20,21). The molecular weight excluding hydrogens is 275 g/mol. The third kappa shape index (κ3) is 3.17. The third-order valence-corrected chi connectivity index (χ3v) is 2.98. The van der Waals surface area contributed by atoms with E-state index in [1.54, 1.807) is 6.92 Å². The Morgan fingerprint density at radius 2 is 1.81 bits per heavy atom. The fourth-order valence-corrected chi connectivity index (χ4v) is 1.74. The van der Waals surface area contributed by atoms with Crippen molar-refractivity contribution >= 4 is 23.3 Å². The second-order valence-electron chi connectivity index (χ2n) is 4.53. The zero-order valence-electron chi connectivity index (χ0n) is 11.2. The van der Waals surface area contributed by atoms with Crippen molar-refractivity contribution in [3.63, 3.8) is 0 Å². The predicted molar refractivity (Wildman–Crippen MR) is 76.9 cm³/mol. The summed E-state index contributed by atoms with van der Waals surface area (Å²) in [5.74, 6) is -2.11. The summed E-state index contributed by atoms with van der Waals surface area (Å²) in [6, 6.07) is 8.09. The van der Waals surface area contributed by atoms with Crippen LogP contribution in [0.3, 0.4) is 0 Å². The van der Waals surface area contributed by atoms with Gasteiger partial charge in [0.25, 0.3) is 5.91 Å². The zero-order chi connectivity index (χ0) is 15.6. The van der Waals surface area contributed by atoms with E-state index in [0.717, 1.165) is 6.07 Å². The van der Waals surface area contributed by atoms with Crippen molar-refractivity contribution in [3.05, 3.63) is 58.9 Å². The molecule has 0 aliphatic rings. The first kappa shape index (κ1) is 14.5. The number of hydrogen-bond donors (Lipinski definition) is 3. The minimum Gasteiger partial charge on any atom is -0.478 e. The first-order chi connectivity index (χ1) is 9.88. The quantitative estimate of drug-likeness (QED) is 0.757. The molecule has 2 aromatic rings. The number of carbonyl (C=O) groups excluding carboxylic acids is 1. The van der Waals surface area contributed by atoms with Crippen molar-refractivity contribution in [1.82, 2.24) is 0 Å². The van der Waals surface area contributed by atoms with Gasteiger partial charge in [-0.1, -0.05) is 6.07 Å². The molecule has 0 atom stereocenters. The number of halogens is 1. The second kappa shape index (κ2) is 5.62. The highest BCUT2D eigenvalue weighted by atomic mass is 19.1. The summed E-state index contributed by atoms with van der Waals surface area (Å²) in [5.41, 5.74) is 6.69. The van der Waals surface area contributed by atoms with E-state index >= 15 is 0 Å². The number of carboxylic acids is 1. The highest BCUT2D eigenvalue weighted by molar-refractivity contribution is 6.06. The van der Waals surface area contributed by atoms with Crippen LogP contribution < -0.4 is 11.1 Å². The molecule has 5 nitrogen and oxygen atoms in total. The number of aryl methyl sites for hydroxylation is 1. The van der Waals surface area contributed by atoms with Crippen molar-refractivity contribution in [2.24, 2.45) is 0 Å². The normalized spacial score (nSPS) is 10.2. The van der Waals surface area contributed by atoms with Crippen molar-refractivity contribution < 1.29 is 19.1 Å². The van der Waals surface area contributed by atoms with Crippen molar-refractivity contribution in [3.8, 4) is 0 Å². The van der Waals surface area contributed by atoms with E-state index < -0.39 is 17.7 Å². The van der Waals surface area contributed by atoms with Gasteiger partial charge >= 0.3 is 5.97 Å². The first-order valence-electron chi connectivity index (χ1n) is 6.09. The van der Waals surface area contributed by atoms with Crippen LogP contribution in [0, 0.1) is 12.7 Å². The number of anilines is 2. The topological polar surface area (TPSA) is 92.4 Å². The maximum absolute atomic E-state index is 13.4. The van der Waals surface area contributed by atoms with E-state index in [9.17, 15) is 14.0 Å². The Labute approximate surface area is 120 Å². The van der Waals surface area contributed by atoms with Crippen LogP contribution in [0.15, 0.2) is 36.4 Å². The van der Waals surface area contributed by atoms with Gasteiger partial charge in [0, 0.05) is 5.56 Å². The average molecular weight is 288 g/mol. The van der Waals surface area contributed by atoms with Gasteiger partial charge in [-0.15, -0.1) is 0 Å². The summed E-state index contributed by atoms with van der Waals surface area (Å²) >= 11 is 0. The highest BCUT2D eigenvalue weighted by Crippen LogP contribution is 2.21. The molecule has 6 heteroatoms. The summed E-state index contributed by atoms with van der Waals surface area (Å²) in [7, 11) is 0. The fraction of sp³-hybridized carbons (Fsp3) is 0.0667. The first-order valence-corrected chi connectivity index (χ1v) is 6.09. The summed E-state index contributed by atoms with van der Waals surface area (Å²) < 4.78 is 13.4. The van der Waals surface area contributed by atoms with Crippen LogP contribution in [-0.2, 0) is 0 Å². The number of benzene rings is 2. The SMILES string of the molecule is Cc1ccc(C(=O)Nc2ccc(C(=O)O)cc2N)cc1F. The molecule has 0 aliphatic carbocycles. The van der Waals surface area contributed by atoms with Gasteiger partial charge in [0.1, 0.15) is 5.82 Å². The predicted octanol–water partition coefficient (Wildman–Crippen LogP) is 2.67. The maximum atomic E-state index is 13.4. The van der Waals surface area contributed by atoms with Crippen molar-refractivity contribution in [2.45, 2.75) is 6.92 Å². The molecule has 0 saturated carbocycles. The number of rotatable bonds is 3. The molecule has 108 valence electrons. The number of carbonyl (C=O) groups is 2. The Morgan fingerprint density at radius 1 is 1.14 bits per heavy atom. The Hall–Kier alpha value is -2.89. The average Bonchev–Trinajstić information content (AvgIpc) is 2.43. The smallest absolute Gasteiger partial charge is 0.335 e. The monoisotopic (exact) mass is 288 g/mol. The van der Waals surface area contributed by atoms with Crippen molar-refractivity contribution in [2.75, 3.05) is 11.1 Å². The van der Waals surface area contributed by atoms with Gasteiger partial charge in [-0.05, 0) is 42.8 Å². The molecule has 2 rings (SSSR count). The molecule has 0 unspecified atom stereocenters. The largest absolute Gasteiger partial charge is 0.478 e. The number of hydrogen-bond acceptors (Lipinski definition) is 3. The van der Waals surface area contributed by atoms with Crippen molar-refractivity contribution in [1.29, 1.82) is 0 Å². The van der Waals surface area contributed by atoms with Gasteiger partial charge < -0.3 is 16.2 Å². The van der Waals surface area contributed by atoms with E-state index in [-0.39, 0.29) is 22.5 Å². The van der Waals surface area contributed by atoms with E-state index in [1.807, 2.05) is 0 Å². The Balaban J connectivity index is 2.23. The summed E-state index contributed by atoms with van der Waals surface area (Å²) in [6.07, 6.45) is 0. The molecule has 0 bridgehead atoms. The molecule has 4 N–H and O–H groups in total. The molecule has 0 radical (unpaired) electrons. The fourth-order valence-electron chi connectivity index (χ4n) is 1.74. The van der Waals surface area contributed by atoms with Gasteiger partial charge in [-0.2, -0.15) is 0 Å². The Kier molecular flexibility index (Phi) is 3.89. The summed E-state index contributed by atoms with van der Waals surface area (Å²) in [6.45, 7) is 1.60. The minimum absolute atomic E-state index is 0.0203. The van der Waals surface area contributed by atoms with E-state index in [1.165, 1.54) is 30.3 Å². The molecular formula is C15H13FN2O3. The van der Waals surface area contributed by atoms with Gasteiger partial charge in [-0.3, -0.25) is 4.79 Å². The molecule has 21 heavy (non-hydrogen) atoms. The number of nitrogens with one attached hydrogen (secondary N) is 1. The van der Waals surface area contributed by atoms with Crippen LogP contribution in [0.1, 0.15) is 26.3 Å². The summed E-state index contributed by atoms with van der Waals surface area (Å²) in [5, 5.41) is 11.3. The van der Waals surface area contributed by atoms with E-state index in [0.29, 0.717) is 5.56 Å². The van der Waals surface area contributed by atoms with Crippen LogP contribution in [0.4, 0.5) is 15.8 Å².